The van der Waals surface area contributed by atoms with E-state index in [1.54, 1.807) is 24.3 Å². The third-order valence-corrected chi connectivity index (χ3v) is 5.17. The fourth-order valence-electron chi connectivity index (χ4n) is 3.63. The van der Waals surface area contributed by atoms with Crippen LogP contribution in [0.25, 0.3) is 11.1 Å². The molecule has 1 saturated heterocycles. The zero-order valence-corrected chi connectivity index (χ0v) is 16.1. The molecule has 0 aliphatic carbocycles. The lowest BCUT2D eigenvalue weighted by Crippen LogP contribution is -2.50. The van der Waals surface area contributed by atoms with Crippen LogP contribution in [0.5, 0.6) is 5.75 Å². The number of morpholine rings is 1. The van der Waals surface area contributed by atoms with E-state index in [0.29, 0.717) is 36.6 Å². The number of amides is 1. The summed E-state index contributed by atoms with van der Waals surface area (Å²) in [5.74, 6) is -0.378. The molecule has 2 aliphatic heterocycles. The molecule has 0 radical (unpaired) electrons. The Balaban J connectivity index is 1.53. The number of halogens is 1. The molecule has 4 rings (SSSR count). The van der Waals surface area contributed by atoms with Gasteiger partial charge < -0.3 is 20.1 Å². The van der Waals surface area contributed by atoms with E-state index in [1.807, 2.05) is 6.07 Å². The van der Waals surface area contributed by atoms with Gasteiger partial charge in [-0.2, -0.15) is 10.5 Å². The first kappa shape index (κ1) is 19.8. The SMILES string of the molecule is N#Cc1ccc2c(c1)COc1cc(CC(C#N)NC(=O)[C@@H]3CNCCO3)c(F)cc1-2. The van der Waals surface area contributed by atoms with Crippen LogP contribution in [-0.4, -0.2) is 37.7 Å². The number of carbonyl (C=O) groups is 1. The number of benzene rings is 2. The summed E-state index contributed by atoms with van der Waals surface area (Å²) in [7, 11) is 0. The zero-order valence-electron chi connectivity index (χ0n) is 16.1. The molecule has 0 bridgehead atoms. The molecule has 0 aromatic heterocycles. The Morgan fingerprint density at radius 2 is 2.17 bits per heavy atom. The predicted octanol–water partition coefficient (Wildman–Crippen LogP) is 1.80. The number of nitrogens with zero attached hydrogens (tertiary/aromatic N) is 2. The first-order valence-electron chi connectivity index (χ1n) is 9.60. The van der Waals surface area contributed by atoms with E-state index in [1.165, 1.54) is 6.07 Å². The Bertz CT molecular complexity index is 1070. The number of hydrogen-bond acceptors (Lipinski definition) is 6. The van der Waals surface area contributed by atoms with Crippen LogP contribution in [0.3, 0.4) is 0 Å². The minimum atomic E-state index is -0.898. The van der Waals surface area contributed by atoms with Crippen molar-refractivity contribution in [3.63, 3.8) is 0 Å². The van der Waals surface area contributed by atoms with Crippen molar-refractivity contribution in [1.82, 2.24) is 10.6 Å². The van der Waals surface area contributed by atoms with E-state index in [2.05, 4.69) is 16.7 Å². The van der Waals surface area contributed by atoms with E-state index in [0.717, 1.165) is 11.1 Å². The summed E-state index contributed by atoms with van der Waals surface area (Å²) in [4.78, 5) is 12.3. The van der Waals surface area contributed by atoms with Gasteiger partial charge in [0.05, 0.1) is 24.3 Å². The Morgan fingerprint density at radius 1 is 1.30 bits per heavy atom. The van der Waals surface area contributed by atoms with Crippen molar-refractivity contribution < 1.29 is 18.7 Å². The van der Waals surface area contributed by atoms with Gasteiger partial charge in [-0.1, -0.05) is 6.07 Å². The molecule has 0 spiro atoms. The monoisotopic (exact) mass is 406 g/mol. The second-order valence-electron chi connectivity index (χ2n) is 7.17. The minimum absolute atomic E-state index is 0.00505. The van der Waals surface area contributed by atoms with Crippen molar-refractivity contribution in [3.05, 3.63) is 52.8 Å². The standard InChI is InChI=1S/C22H19FN4O3/c23-19-8-18-17-2-1-13(9-24)5-15(17)12-30-20(18)7-14(19)6-16(10-25)27-22(28)21-11-26-3-4-29-21/h1-2,5,7-8,16,21,26H,3-4,6,11-12H2,(H,27,28)/t16?,21-/m0/s1. The quantitative estimate of drug-likeness (QED) is 0.802. The van der Waals surface area contributed by atoms with Crippen molar-refractivity contribution in [1.29, 1.82) is 10.5 Å². The molecule has 1 amide bonds. The highest BCUT2D eigenvalue weighted by molar-refractivity contribution is 5.82. The summed E-state index contributed by atoms with van der Waals surface area (Å²) in [6.45, 7) is 1.74. The number of carbonyl (C=O) groups excluding carboxylic acids is 1. The molecular formula is C22H19FN4O3. The highest BCUT2D eigenvalue weighted by Crippen LogP contribution is 2.39. The number of ether oxygens (including phenoxy) is 2. The molecule has 0 saturated carbocycles. The molecule has 1 unspecified atom stereocenters. The van der Waals surface area contributed by atoms with Crippen LogP contribution in [0, 0.1) is 28.5 Å². The molecule has 8 heteroatoms. The topological polar surface area (TPSA) is 107 Å². The Labute approximate surface area is 173 Å². The molecule has 152 valence electrons. The molecule has 2 atom stereocenters. The van der Waals surface area contributed by atoms with Gasteiger partial charge in [0.25, 0.3) is 5.91 Å². The van der Waals surface area contributed by atoms with Gasteiger partial charge in [0.15, 0.2) is 0 Å². The van der Waals surface area contributed by atoms with Crippen molar-refractivity contribution in [2.24, 2.45) is 0 Å². The average molecular weight is 406 g/mol. The highest BCUT2D eigenvalue weighted by atomic mass is 19.1. The van der Waals surface area contributed by atoms with Crippen molar-refractivity contribution in [3.8, 4) is 29.0 Å². The summed E-state index contributed by atoms with van der Waals surface area (Å²) >= 11 is 0. The molecule has 7 nitrogen and oxygen atoms in total. The molecule has 30 heavy (non-hydrogen) atoms. The number of hydrogen-bond donors (Lipinski definition) is 2. The van der Waals surface area contributed by atoms with Crippen molar-refractivity contribution in [2.45, 2.75) is 25.2 Å². The Hall–Kier alpha value is -3.46. The third kappa shape index (κ3) is 3.97. The van der Waals surface area contributed by atoms with Gasteiger partial charge >= 0.3 is 0 Å². The highest BCUT2D eigenvalue weighted by Gasteiger charge is 2.26. The molecule has 2 heterocycles. The minimum Gasteiger partial charge on any atom is -0.488 e. The Kier molecular flexibility index (Phi) is 5.62. The van der Waals surface area contributed by atoms with Crippen LogP contribution in [0.15, 0.2) is 30.3 Å². The summed E-state index contributed by atoms with van der Waals surface area (Å²) < 4.78 is 26.0. The zero-order chi connectivity index (χ0) is 21.1. The maximum Gasteiger partial charge on any atom is 0.251 e. The number of fused-ring (bicyclic) bond motifs is 3. The third-order valence-electron chi connectivity index (χ3n) is 5.17. The van der Waals surface area contributed by atoms with Crippen molar-refractivity contribution >= 4 is 5.91 Å². The van der Waals surface area contributed by atoms with E-state index >= 15 is 0 Å². The van der Waals surface area contributed by atoms with Gasteiger partial charge in [-0.05, 0) is 41.0 Å². The van der Waals surface area contributed by atoms with Crippen LogP contribution < -0.4 is 15.4 Å². The van der Waals surface area contributed by atoms with Crippen molar-refractivity contribution in [2.75, 3.05) is 19.7 Å². The number of nitrogens with one attached hydrogen (secondary N) is 2. The lowest BCUT2D eigenvalue weighted by atomic mass is 9.93. The second kappa shape index (κ2) is 8.50. The summed E-state index contributed by atoms with van der Waals surface area (Å²) in [6.07, 6.45) is -0.661. The second-order valence-corrected chi connectivity index (χ2v) is 7.17. The summed E-state index contributed by atoms with van der Waals surface area (Å²) in [5.41, 5.74) is 3.02. The van der Waals surface area contributed by atoms with Crippen LogP contribution in [0.4, 0.5) is 4.39 Å². The van der Waals surface area contributed by atoms with Gasteiger partial charge in [0.2, 0.25) is 0 Å². The van der Waals surface area contributed by atoms with Gasteiger partial charge in [-0.15, -0.1) is 0 Å². The maximum absolute atomic E-state index is 14.8. The summed E-state index contributed by atoms with van der Waals surface area (Å²) in [5, 5.41) is 24.2. The Morgan fingerprint density at radius 3 is 2.90 bits per heavy atom. The van der Waals surface area contributed by atoms with Gasteiger partial charge in [-0.25, -0.2) is 4.39 Å². The van der Waals surface area contributed by atoms with E-state index in [4.69, 9.17) is 14.7 Å². The average Bonchev–Trinajstić information content (AvgIpc) is 2.79. The molecule has 2 aromatic carbocycles. The molecular weight excluding hydrogens is 387 g/mol. The number of rotatable bonds is 4. The first-order valence-corrected chi connectivity index (χ1v) is 9.60. The van der Waals surface area contributed by atoms with E-state index < -0.39 is 23.9 Å². The van der Waals surface area contributed by atoms with Crippen LogP contribution in [-0.2, 0) is 22.6 Å². The van der Waals surface area contributed by atoms with Gasteiger partial charge in [-0.3, -0.25) is 4.79 Å². The van der Waals surface area contributed by atoms with Gasteiger partial charge in [0.1, 0.15) is 30.3 Å². The van der Waals surface area contributed by atoms with Crippen LogP contribution in [0.2, 0.25) is 0 Å². The fraction of sp³-hybridized carbons (Fsp3) is 0.318. The maximum atomic E-state index is 14.8. The molecule has 2 aromatic rings. The molecule has 2 aliphatic rings. The van der Waals surface area contributed by atoms with E-state index in [-0.39, 0.29) is 18.6 Å². The number of nitriles is 2. The predicted molar refractivity (Wildman–Crippen MR) is 105 cm³/mol. The van der Waals surface area contributed by atoms with Crippen LogP contribution in [0.1, 0.15) is 16.7 Å². The lowest BCUT2D eigenvalue weighted by Gasteiger charge is -2.24. The smallest absolute Gasteiger partial charge is 0.251 e. The van der Waals surface area contributed by atoms with E-state index in [9.17, 15) is 14.4 Å². The molecule has 2 N–H and O–H groups in total. The van der Waals surface area contributed by atoms with Crippen LogP contribution >= 0.6 is 0 Å². The first-order chi connectivity index (χ1) is 14.6. The lowest BCUT2D eigenvalue weighted by molar-refractivity contribution is -0.134. The normalized spacial score (nSPS) is 18.0. The summed E-state index contributed by atoms with van der Waals surface area (Å²) in [6, 6.07) is 11.3. The van der Waals surface area contributed by atoms with Gasteiger partial charge in [0, 0.05) is 25.1 Å². The fourth-order valence-corrected chi connectivity index (χ4v) is 3.63. The largest absolute Gasteiger partial charge is 0.488 e. The molecule has 1 fully saturated rings.